The van der Waals surface area contributed by atoms with E-state index in [1.165, 1.54) is 0 Å². The summed E-state index contributed by atoms with van der Waals surface area (Å²) in [6, 6.07) is 0. The molecule has 0 radical (unpaired) electrons. The van der Waals surface area contributed by atoms with E-state index in [1.54, 1.807) is 24.5 Å². The zero-order chi connectivity index (χ0) is 18.5. The number of carbonyl (C=O) groups excluding carboxylic acids is 1. The lowest BCUT2D eigenvalue weighted by Gasteiger charge is -2.32. The van der Waals surface area contributed by atoms with Crippen LogP contribution in [0.15, 0.2) is 16.1 Å². The Morgan fingerprint density at radius 1 is 1.31 bits per heavy atom. The molecule has 0 aromatic carbocycles. The summed E-state index contributed by atoms with van der Waals surface area (Å²) in [6.45, 7) is 10.3. The van der Waals surface area contributed by atoms with E-state index in [4.69, 9.17) is 4.52 Å². The molecule has 1 amide bonds. The Kier molecular flexibility index (Phi) is 6.39. The standard InChI is InChI=1S/C18H27N5O2S/c1-14-17(15(2)25-20-14)18(24)23(13-16-19-5-12-26-16)7-4-6-22-10-8-21(3)9-11-22/h5,12H,4,6-11,13H2,1-3H3. The summed E-state index contributed by atoms with van der Waals surface area (Å²) < 4.78 is 5.19. The summed E-state index contributed by atoms with van der Waals surface area (Å²) >= 11 is 1.58. The van der Waals surface area contributed by atoms with Crippen LogP contribution in [0.25, 0.3) is 0 Å². The Labute approximate surface area is 158 Å². The van der Waals surface area contributed by atoms with Crippen molar-refractivity contribution in [3.63, 3.8) is 0 Å². The number of likely N-dealkylation sites (N-methyl/N-ethyl adjacent to an activating group) is 1. The Morgan fingerprint density at radius 3 is 2.69 bits per heavy atom. The van der Waals surface area contributed by atoms with Crippen molar-refractivity contribution < 1.29 is 9.32 Å². The Morgan fingerprint density at radius 2 is 2.08 bits per heavy atom. The summed E-state index contributed by atoms with van der Waals surface area (Å²) in [5.41, 5.74) is 1.23. The molecule has 0 saturated carbocycles. The molecule has 0 unspecified atom stereocenters. The molecule has 0 spiro atoms. The van der Waals surface area contributed by atoms with E-state index in [9.17, 15) is 4.79 Å². The molecule has 2 aromatic rings. The van der Waals surface area contributed by atoms with Gasteiger partial charge in [0.25, 0.3) is 5.91 Å². The molecule has 8 heteroatoms. The summed E-state index contributed by atoms with van der Waals surface area (Å²) in [5, 5.41) is 6.82. The van der Waals surface area contributed by atoms with E-state index in [-0.39, 0.29) is 5.91 Å². The molecule has 26 heavy (non-hydrogen) atoms. The van der Waals surface area contributed by atoms with E-state index >= 15 is 0 Å². The van der Waals surface area contributed by atoms with Gasteiger partial charge in [-0.25, -0.2) is 4.98 Å². The van der Waals surface area contributed by atoms with E-state index in [0.717, 1.165) is 44.2 Å². The van der Waals surface area contributed by atoms with Gasteiger partial charge in [0, 0.05) is 44.3 Å². The summed E-state index contributed by atoms with van der Waals surface area (Å²) in [6.07, 6.45) is 2.73. The van der Waals surface area contributed by atoms with Crippen LogP contribution in [0.5, 0.6) is 0 Å². The van der Waals surface area contributed by atoms with Gasteiger partial charge in [-0.05, 0) is 33.9 Å². The predicted octanol–water partition coefficient (Wildman–Crippen LogP) is 2.03. The highest BCUT2D eigenvalue weighted by Gasteiger charge is 2.24. The normalized spacial score (nSPS) is 16.1. The third-order valence-corrected chi connectivity index (χ3v) is 5.61. The van der Waals surface area contributed by atoms with Crippen LogP contribution in [-0.4, -0.2) is 77.1 Å². The van der Waals surface area contributed by atoms with Crippen LogP contribution in [-0.2, 0) is 6.54 Å². The highest BCUT2D eigenvalue weighted by atomic mass is 32.1. The van der Waals surface area contributed by atoms with Crippen molar-refractivity contribution in [1.82, 2.24) is 24.8 Å². The van der Waals surface area contributed by atoms with Crippen molar-refractivity contribution >= 4 is 17.2 Å². The first-order valence-electron chi connectivity index (χ1n) is 9.06. The van der Waals surface area contributed by atoms with Gasteiger partial charge >= 0.3 is 0 Å². The molecule has 0 atom stereocenters. The number of nitrogens with zero attached hydrogens (tertiary/aromatic N) is 5. The van der Waals surface area contributed by atoms with Crippen molar-refractivity contribution in [3.05, 3.63) is 33.6 Å². The second kappa shape index (κ2) is 8.75. The molecule has 2 aromatic heterocycles. The van der Waals surface area contributed by atoms with Crippen molar-refractivity contribution in [2.24, 2.45) is 0 Å². The van der Waals surface area contributed by atoms with Gasteiger partial charge in [-0.15, -0.1) is 11.3 Å². The predicted molar refractivity (Wildman–Crippen MR) is 101 cm³/mol. The molecule has 1 aliphatic heterocycles. The summed E-state index contributed by atoms with van der Waals surface area (Å²) in [4.78, 5) is 24.1. The molecule has 3 rings (SSSR count). The zero-order valence-corrected chi connectivity index (χ0v) is 16.6. The van der Waals surface area contributed by atoms with Crippen LogP contribution in [0.2, 0.25) is 0 Å². The van der Waals surface area contributed by atoms with Crippen LogP contribution < -0.4 is 0 Å². The smallest absolute Gasteiger partial charge is 0.259 e. The van der Waals surface area contributed by atoms with Crippen LogP contribution >= 0.6 is 11.3 Å². The molecule has 1 aliphatic rings. The minimum Gasteiger partial charge on any atom is -0.361 e. The van der Waals surface area contributed by atoms with Crippen molar-refractivity contribution in [2.75, 3.05) is 46.3 Å². The van der Waals surface area contributed by atoms with Crippen molar-refractivity contribution in [2.45, 2.75) is 26.8 Å². The van der Waals surface area contributed by atoms with Crippen LogP contribution in [0.1, 0.15) is 33.2 Å². The average Bonchev–Trinajstić information content (AvgIpc) is 3.25. The largest absolute Gasteiger partial charge is 0.361 e. The van der Waals surface area contributed by atoms with E-state index in [1.807, 2.05) is 17.2 Å². The van der Waals surface area contributed by atoms with Gasteiger partial charge in [0.05, 0.1) is 12.2 Å². The average molecular weight is 378 g/mol. The molecular weight excluding hydrogens is 350 g/mol. The second-order valence-corrected chi connectivity index (χ2v) is 7.83. The summed E-state index contributed by atoms with van der Waals surface area (Å²) in [7, 11) is 2.16. The number of hydrogen-bond acceptors (Lipinski definition) is 7. The SMILES string of the molecule is Cc1noc(C)c1C(=O)N(CCCN1CCN(C)CC1)Cc1nccs1. The highest BCUT2D eigenvalue weighted by molar-refractivity contribution is 7.09. The lowest BCUT2D eigenvalue weighted by Crippen LogP contribution is -2.45. The molecule has 0 aliphatic carbocycles. The molecule has 1 fully saturated rings. The van der Waals surface area contributed by atoms with Crippen molar-refractivity contribution in [1.29, 1.82) is 0 Å². The first-order valence-corrected chi connectivity index (χ1v) is 9.94. The molecule has 1 saturated heterocycles. The first-order chi connectivity index (χ1) is 12.5. The Hall–Kier alpha value is -1.77. The third-order valence-electron chi connectivity index (χ3n) is 4.84. The van der Waals surface area contributed by atoms with Crippen LogP contribution in [0.4, 0.5) is 0 Å². The Balaban J connectivity index is 1.62. The fourth-order valence-corrected chi connectivity index (χ4v) is 3.88. The van der Waals surface area contributed by atoms with Gasteiger partial charge in [-0.1, -0.05) is 5.16 Å². The lowest BCUT2D eigenvalue weighted by molar-refractivity contribution is 0.0726. The number of amides is 1. The lowest BCUT2D eigenvalue weighted by atomic mass is 10.1. The molecular formula is C18H27N5O2S. The number of carbonyl (C=O) groups is 1. The fraction of sp³-hybridized carbons (Fsp3) is 0.611. The molecule has 0 bridgehead atoms. The minimum absolute atomic E-state index is 0.0187. The van der Waals surface area contributed by atoms with Gasteiger partial charge in [-0.3, -0.25) is 4.79 Å². The Bertz CT molecular complexity index is 688. The number of rotatable bonds is 7. The monoisotopic (exact) mass is 377 g/mol. The van der Waals surface area contributed by atoms with Crippen LogP contribution in [0.3, 0.4) is 0 Å². The third kappa shape index (κ3) is 4.69. The number of piperazine rings is 1. The number of aryl methyl sites for hydroxylation is 2. The molecule has 0 N–H and O–H groups in total. The quantitative estimate of drug-likeness (QED) is 0.736. The van der Waals surface area contributed by atoms with E-state index in [2.05, 4.69) is 27.0 Å². The fourth-order valence-electron chi connectivity index (χ4n) is 3.25. The number of hydrogen-bond donors (Lipinski definition) is 0. The molecule has 7 nitrogen and oxygen atoms in total. The summed E-state index contributed by atoms with van der Waals surface area (Å²) in [5.74, 6) is 0.561. The second-order valence-electron chi connectivity index (χ2n) is 6.85. The van der Waals surface area contributed by atoms with Crippen molar-refractivity contribution in [3.8, 4) is 0 Å². The maximum absolute atomic E-state index is 13.1. The first kappa shape index (κ1) is 19.0. The van der Waals surface area contributed by atoms with Gasteiger partial charge in [-0.2, -0.15) is 0 Å². The number of aromatic nitrogens is 2. The van der Waals surface area contributed by atoms with Gasteiger partial charge in [0.1, 0.15) is 16.3 Å². The van der Waals surface area contributed by atoms with E-state index < -0.39 is 0 Å². The molecule has 3 heterocycles. The maximum Gasteiger partial charge on any atom is 0.259 e. The maximum atomic E-state index is 13.1. The topological polar surface area (TPSA) is 65.7 Å². The zero-order valence-electron chi connectivity index (χ0n) is 15.8. The number of thiazole rings is 1. The van der Waals surface area contributed by atoms with Gasteiger partial charge < -0.3 is 19.2 Å². The highest BCUT2D eigenvalue weighted by Crippen LogP contribution is 2.18. The minimum atomic E-state index is -0.0187. The van der Waals surface area contributed by atoms with Gasteiger partial charge in [0.2, 0.25) is 0 Å². The molecule has 142 valence electrons. The van der Waals surface area contributed by atoms with Crippen LogP contribution in [0, 0.1) is 13.8 Å². The van der Waals surface area contributed by atoms with E-state index in [0.29, 0.717) is 30.1 Å². The van der Waals surface area contributed by atoms with Gasteiger partial charge in [0.15, 0.2) is 0 Å².